The summed E-state index contributed by atoms with van der Waals surface area (Å²) in [4.78, 5) is 16.5. The third-order valence-electron chi connectivity index (χ3n) is 3.28. The Hall–Kier alpha value is -1.68. The highest BCUT2D eigenvalue weighted by molar-refractivity contribution is 7.13. The van der Waals surface area contributed by atoms with E-state index in [4.69, 9.17) is 0 Å². The first-order chi connectivity index (χ1) is 9.88. The van der Waals surface area contributed by atoms with Gasteiger partial charge >= 0.3 is 0 Å². The van der Waals surface area contributed by atoms with Crippen molar-refractivity contribution in [2.45, 2.75) is 34.1 Å². The van der Waals surface area contributed by atoms with Gasteiger partial charge in [0, 0.05) is 29.3 Å². The monoisotopic (exact) mass is 302 g/mol. The van der Waals surface area contributed by atoms with Gasteiger partial charge in [-0.3, -0.25) is 4.79 Å². The largest absolute Gasteiger partial charge is 0.355 e. The standard InChI is InChI=1S/C17H22N2OS/c1-12-7-5-6-8-14(12)15-19-13(11-21-15)9-10-18-16(20)17(2,3)4/h5-8,11H,9-10H2,1-4H3,(H,18,20). The molecule has 0 saturated heterocycles. The molecule has 0 aliphatic heterocycles. The molecule has 4 heteroatoms. The summed E-state index contributed by atoms with van der Waals surface area (Å²) in [6, 6.07) is 8.27. The van der Waals surface area contributed by atoms with Crippen molar-refractivity contribution in [3.05, 3.63) is 40.9 Å². The molecule has 1 aromatic heterocycles. The zero-order valence-corrected chi connectivity index (χ0v) is 13.9. The molecule has 0 saturated carbocycles. The van der Waals surface area contributed by atoms with Crippen molar-refractivity contribution < 1.29 is 4.79 Å². The van der Waals surface area contributed by atoms with Gasteiger partial charge in [0.05, 0.1) is 5.69 Å². The molecule has 0 aliphatic carbocycles. The number of hydrogen-bond donors (Lipinski definition) is 1. The van der Waals surface area contributed by atoms with Gasteiger partial charge in [0.2, 0.25) is 5.91 Å². The van der Waals surface area contributed by atoms with E-state index in [0.717, 1.165) is 17.1 Å². The van der Waals surface area contributed by atoms with Crippen LogP contribution in [-0.2, 0) is 11.2 Å². The Labute approximate surface area is 130 Å². The lowest BCUT2D eigenvalue weighted by Crippen LogP contribution is -2.35. The van der Waals surface area contributed by atoms with Crippen LogP contribution in [0.2, 0.25) is 0 Å². The molecule has 0 atom stereocenters. The van der Waals surface area contributed by atoms with Crippen molar-refractivity contribution in [3.63, 3.8) is 0 Å². The van der Waals surface area contributed by atoms with Crippen molar-refractivity contribution in [1.29, 1.82) is 0 Å². The third kappa shape index (κ3) is 4.14. The van der Waals surface area contributed by atoms with Crippen LogP contribution in [0.3, 0.4) is 0 Å². The molecular weight excluding hydrogens is 280 g/mol. The van der Waals surface area contributed by atoms with E-state index in [2.05, 4.69) is 34.7 Å². The first-order valence-corrected chi connectivity index (χ1v) is 8.04. The third-order valence-corrected chi connectivity index (χ3v) is 4.20. The lowest BCUT2D eigenvalue weighted by atomic mass is 9.96. The zero-order chi connectivity index (χ0) is 15.5. The van der Waals surface area contributed by atoms with E-state index in [1.54, 1.807) is 11.3 Å². The fourth-order valence-electron chi connectivity index (χ4n) is 1.93. The predicted molar refractivity (Wildman–Crippen MR) is 88.5 cm³/mol. The molecule has 21 heavy (non-hydrogen) atoms. The summed E-state index contributed by atoms with van der Waals surface area (Å²) in [5.41, 5.74) is 3.12. The maximum Gasteiger partial charge on any atom is 0.225 e. The van der Waals surface area contributed by atoms with Crippen LogP contribution in [0, 0.1) is 12.3 Å². The molecule has 0 radical (unpaired) electrons. The Morgan fingerprint density at radius 1 is 1.29 bits per heavy atom. The SMILES string of the molecule is Cc1ccccc1-c1nc(CCNC(=O)C(C)(C)C)cs1. The van der Waals surface area contributed by atoms with Gasteiger partial charge in [-0.2, -0.15) is 0 Å². The summed E-state index contributed by atoms with van der Waals surface area (Å²) in [5.74, 6) is 0.0804. The molecule has 112 valence electrons. The highest BCUT2D eigenvalue weighted by Gasteiger charge is 2.20. The number of hydrogen-bond acceptors (Lipinski definition) is 3. The number of amides is 1. The summed E-state index contributed by atoms with van der Waals surface area (Å²) in [6.45, 7) is 8.48. The number of thiazole rings is 1. The average Bonchev–Trinajstić information content (AvgIpc) is 2.86. The van der Waals surface area contributed by atoms with E-state index < -0.39 is 0 Å². The fraction of sp³-hybridized carbons (Fsp3) is 0.412. The number of benzene rings is 1. The number of carbonyl (C=O) groups excluding carboxylic acids is 1. The van der Waals surface area contributed by atoms with Crippen LogP contribution in [0.1, 0.15) is 32.0 Å². The number of aryl methyl sites for hydroxylation is 1. The molecule has 1 amide bonds. The summed E-state index contributed by atoms with van der Waals surface area (Å²) in [7, 11) is 0. The number of nitrogens with zero attached hydrogens (tertiary/aromatic N) is 1. The second-order valence-corrected chi connectivity index (χ2v) is 7.07. The van der Waals surface area contributed by atoms with Crippen LogP contribution in [-0.4, -0.2) is 17.4 Å². The molecule has 0 bridgehead atoms. The van der Waals surface area contributed by atoms with Gasteiger partial charge in [0.15, 0.2) is 0 Å². The topological polar surface area (TPSA) is 42.0 Å². The van der Waals surface area contributed by atoms with Gasteiger partial charge in [-0.15, -0.1) is 11.3 Å². The highest BCUT2D eigenvalue weighted by atomic mass is 32.1. The lowest BCUT2D eigenvalue weighted by Gasteiger charge is -2.17. The van der Waals surface area contributed by atoms with E-state index in [-0.39, 0.29) is 11.3 Å². The maximum absolute atomic E-state index is 11.8. The van der Waals surface area contributed by atoms with Crippen molar-refractivity contribution in [1.82, 2.24) is 10.3 Å². The van der Waals surface area contributed by atoms with Gasteiger partial charge in [0.1, 0.15) is 5.01 Å². The van der Waals surface area contributed by atoms with Crippen LogP contribution in [0.15, 0.2) is 29.6 Å². The minimum Gasteiger partial charge on any atom is -0.355 e. The van der Waals surface area contributed by atoms with Crippen LogP contribution < -0.4 is 5.32 Å². The molecule has 1 aromatic carbocycles. The van der Waals surface area contributed by atoms with Gasteiger partial charge in [-0.1, -0.05) is 45.0 Å². The predicted octanol–water partition coefficient (Wildman–Crippen LogP) is 3.82. The van der Waals surface area contributed by atoms with Crippen molar-refractivity contribution in [2.24, 2.45) is 5.41 Å². The molecule has 2 rings (SSSR count). The van der Waals surface area contributed by atoms with Crippen molar-refractivity contribution >= 4 is 17.2 Å². The molecule has 3 nitrogen and oxygen atoms in total. The van der Waals surface area contributed by atoms with Crippen molar-refractivity contribution in [3.8, 4) is 10.6 Å². The molecule has 0 unspecified atom stereocenters. The van der Waals surface area contributed by atoms with Crippen LogP contribution >= 0.6 is 11.3 Å². The van der Waals surface area contributed by atoms with Gasteiger partial charge < -0.3 is 5.32 Å². The van der Waals surface area contributed by atoms with E-state index in [0.29, 0.717) is 6.54 Å². The normalized spacial score (nSPS) is 11.4. The number of carbonyl (C=O) groups is 1. The summed E-state index contributed by atoms with van der Waals surface area (Å²) in [6.07, 6.45) is 0.768. The van der Waals surface area contributed by atoms with Gasteiger partial charge in [-0.05, 0) is 12.5 Å². The summed E-state index contributed by atoms with van der Waals surface area (Å²) < 4.78 is 0. The lowest BCUT2D eigenvalue weighted by molar-refractivity contribution is -0.128. The van der Waals surface area contributed by atoms with Crippen LogP contribution in [0.5, 0.6) is 0 Å². The quantitative estimate of drug-likeness (QED) is 0.933. The Morgan fingerprint density at radius 3 is 2.67 bits per heavy atom. The Kier molecular flexibility index (Phi) is 4.78. The van der Waals surface area contributed by atoms with Gasteiger partial charge in [0.25, 0.3) is 0 Å². The molecule has 0 aliphatic rings. The number of nitrogens with one attached hydrogen (secondary N) is 1. The van der Waals surface area contributed by atoms with Crippen molar-refractivity contribution in [2.75, 3.05) is 6.54 Å². The smallest absolute Gasteiger partial charge is 0.225 e. The minimum absolute atomic E-state index is 0.0804. The summed E-state index contributed by atoms with van der Waals surface area (Å²) >= 11 is 1.66. The average molecular weight is 302 g/mol. The molecule has 2 aromatic rings. The molecule has 0 spiro atoms. The minimum atomic E-state index is -0.339. The van der Waals surface area contributed by atoms with E-state index in [9.17, 15) is 4.79 Å². The molecular formula is C17H22N2OS. The first kappa shape index (κ1) is 15.7. The van der Waals surface area contributed by atoms with E-state index in [1.165, 1.54) is 11.1 Å². The molecule has 0 fully saturated rings. The first-order valence-electron chi connectivity index (χ1n) is 7.16. The fourth-order valence-corrected chi connectivity index (χ4v) is 2.87. The second-order valence-electron chi connectivity index (χ2n) is 6.21. The maximum atomic E-state index is 11.8. The van der Waals surface area contributed by atoms with E-state index in [1.807, 2.05) is 32.9 Å². The van der Waals surface area contributed by atoms with Crippen LogP contribution in [0.25, 0.3) is 10.6 Å². The van der Waals surface area contributed by atoms with Gasteiger partial charge in [-0.25, -0.2) is 4.98 Å². The molecule has 1 heterocycles. The number of aromatic nitrogens is 1. The summed E-state index contributed by atoms with van der Waals surface area (Å²) in [5, 5.41) is 6.08. The Balaban J connectivity index is 1.96. The Bertz CT molecular complexity index is 626. The highest BCUT2D eigenvalue weighted by Crippen LogP contribution is 2.26. The second kappa shape index (κ2) is 6.39. The zero-order valence-electron chi connectivity index (χ0n) is 13.1. The van der Waals surface area contributed by atoms with E-state index >= 15 is 0 Å². The molecule has 1 N–H and O–H groups in total. The Morgan fingerprint density at radius 2 is 2.00 bits per heavy atom. The van der Waals surface area contributed by atoms with Crippen LogP contribution in [0.4, 0.5) is 0 Å². The number of rotatable bonds is 4.